The Morgan fingerprint density at radius 1 is 0.824 bits per heavy atom. The molecule has 0 saturated heterocycles. The van der Waals surface area contributed by atoms with Gasteiger partial charge >= 0.3 is 0 Å². The molecule has 92 valence electrons. The van der Waals surface area contributed by atoms with Gasteiger partial charge in [0.1, 0.15) is 11.5 Å². The average molecular weight is 232 g/mol. The first-order chi connectivity index (χ1) is 8.18. The Labute approximate surface area is 102 Å². The van der Waals surface area contributed by atoms with Gasteiger partial charge in [0, 0.05) is 22.3 Å². The number of rotatable bonds is 0. The van der Waals surface area contributed by atoms with E-state index in [2.05, 4.69) is 6.92 Å². The predicted octanol–water partition coefficient (Wildman–Crippen LogP) is 3.10. The number of benzene rings is 1. The summed E-state index contributed by atoms with van der Waals surface area (Å²) in [6.07, 6.45) is 7.08. The van der Waals surface area contributed by atoms with Gasteiger partial charge in [-0.1, -0.05) is 6.92 Å². The van der Waals surface area contributed by atoms with Gasteiger partial charge < -0.3 is 10.2 Å². The maximum absolute atomic E-state index is 10.4. The van der Waals surface area contributed by atoms with Crippen molar-refractivity contribution in [3.63, 3.8) is 0 Å². The Hall–Kier alpha value is -1.18. The fourth-order valence-corrected chi connectivity index (χ4v) is 3.41. The van der Waals surface area contributed by atoms with E-state index >= 15 is 0 Å². The van der Waals surface area contributed by atoms with Crippen LogP contribution in [0.15, 0.2) is 0 Å². The highest BCUT2D eigenvalue weighted by atomic mass is 16.3. The van der Waals surface area contributed by atoms with Crippen molar-refractivity contribution in [2.45, 2.75) is 51.9 Å². The lowest BCUT2D eigenvalue weighted by Crippen LogP contribution is -2.15. The molecule has 2 aliphatic rings. The Morgan fingerprint density at radius 2 is 1.35 bits per heavy atom. The number of phenolic OH excluding ortho intramolecular Hbond substituents is 2. The van der Waals surface area contributed by atoms with Crippen molar-refractivity contribution in [1.82, 2.24) is 0 Å². The Morgan fingerprint density at radius 3 is 2.00 bits per heavy atom. The smallest absolute Gasteiger partial charge is 0.122 e. The Balaban J connectivity index is 2.20. The highest BCUT2D eigenvalue weighted by Gasteiger charge is 2.28. The first-order valence-corrected chi connectivity index (χ1v) is 6.76. The molecular formula is C15H20O2. The van der Waals surface area contributed by atoms with E-state index in [0.29, 0.717) is 17.4 Å². The van der Waals surface area contributed by atoms with Crippen molar-refractivity contribution in [2.75, 3.05) is 0 Å². The summed E-state index contributed by atoms with van der Waals surface area (Å²) in [5, 5.41) is 20.8. The molecule has 0 fully saturated rings. The molecule has 2 N–H and O–H groups in total. The van der Waals surface area contributed by atoms with Crippen LogP contribution in [0.25, 0.3) is 0 Å². The van der Waals surface area contributed by atoms with Gasteiger partial charge in [-0.05, 0) is 50.9 Å². The predicted molar refractivity (Wildman–Crippen MR) is 67.6 cm³/mol. The zero-order valence-electron chi connectivity index (χ0n) is 10.4. The second-order valence-electron chi connectivity index (χ2n) is 5.67. The zero-order chi connectivity index (χ0) is 12.0. The molecule has 0 aromatic heterocycles. The maximum Gasteiger partial charge on any atom is 0.122 e. The molecule has 0 bridgehead atoms. The highest BCUT2D eigenvalue weighted by Crippen LogP contribution is 2.44. The average Bonchev–Trinajstić information content (AvgIpc) is 2.36. The minimum Gasteiger partial charge on any atom is -0.507 e. The van der Waals surface area contributed by atoms with Crippen LogP contribution in [0.5, 0.6) is 11.5 Å². The van der Waals surface area contributed by atoms with Crippen LogP contribution in [0.4, 0.5) is 0 Å². The van der Waals surface area contributed by atoms with Gasteiger partial charge in [0.15, 0.2) is 0 Å². The molecule has 1 aromatic carbocycles. The lowest BCUT2D eigenvalue weighted by molar-refractivity contribution is 0.403. The van der Waals surface area contributed by atoms with Crippen LogP contribution >= 0.6 is 0 Å². The molecule has 2 aliphatic carbocycles. The first-order valence-electron chi connectivity index (χ1n) is 6.76. The molecule has 2 heteroatoms. The lowest BCUT2D eigenvalue weighted by atomic mass is 9.78. The van der Waals surface area contributed by atoms with E-state index in [1.165, 1.54) is 0 Å². The number of aromatic hydroxyl groups is 2. The molecule has 3 rings (SSSR count). The summed E-state index contributed by atoms with van der Waals surface area (Å²) in [6, 6.07) is 0. The van der Waals surface area contributed by atoms with Crippen molar-refractivity contribution in [3.8, 4) is 11.5 Å². The largest absolute Gasteiger partial charge is 0.507 e. The standard InChI is InChI=1S/C15H20O2/c1-9-6-7-12-13(8-9)15(17)11-5-3-2-4-10(11)14(12)16/h9,16-17H,2-8H2,1H3. The van der Waals surface area contributed by atoms with E-state index < -0.39 is 0 Å². The topological polar surface area (TPSA) is 40.5 Å². The fourth-order valence-electron chi connectivity index (χ4n) is 3.41. The molecule has 17 heavy (non-hydrogen) atoms. The van der Waals surface area contributed by atoms with Gasteiger partial charge in [0.2, 0.25) is 0 Å². The van der Waals surface area contributed by atoms with Crippen LogP contribution in [-0.4, -0.2) is 10.2 Å². The van der Waals surface area contributed by atoms with E-state index in [-0.39, 0.29) is 0 Å². The van der Waals surface area contributed by atoms with Crippen molar-refractivity contribution in [3.05, 3.63) is 22.3 Å². The van der Waals surface area contributed by atoms with Crippen molar-refractivity contribution < 1.29 is 10.2 Å². The van der Waals surface area contributed by atoms with Gasteiger partial charge in [-0.2, -0.15) is 0 Å². The summed E-state index contributed by atoms with van der Waals surface area (Å²) in [5.74, 6) is 1.62. The lowest BCUT2D eigenvalue weighted by Gasteiger charge is -2.28. The summed E-state index contributed by atoms with van der Waals surface area (Å²) >= 11 is 0. The third-order valence-electron chi connectivity index (χ3n) is 4.42. The Bertz CT molecular complexity index is 463. The fraction of sp³-hybridized carbons (Fsp3) is 0.600. The summed E-state index contributed by atoms with van der Waals surface area (Å²) in [4.78, 5) is 0. The number of hydrogen-bond donors (Lipinski definition) is 2. The molecule has 0 radical (unpaired) electrons. The van der Waals surface area contributed by atoms with Crippen LogP contribution in [0.1, 0.15) is 48.4 Å². The second-order valence-corrected chi connectivity index (χ2v) is 5.67. The Kier molecular flexibility index (Phi) is 2.53. The summed E-state index contributed by atoms with van der Waals surface area (Å²) < 4.78 is 0. The van der Waals surface area contributed by atoms with Gasteiger partial charge in [-0.3, -0.25) is 0 Å². The van der Waals surface area contributed by atoms with Crippen molar-refractivity contribution in [2.24, 2.45) is 5.92 Å². The second kappa shape index (κ2) is 3.94. The molecule has 0 heterocycles. The minimum atomic E-state index is 0.499. The van der Waals surface area contributed by atoms with E-state index in [1.54, 1.807) is 0 Å². The zero-order valence-corrected chi connectivity index (χ0v) is 10.4. The van der Waals surface area contributed by atoms with Crippen molar-refractivity contribution in [1.29, 1.82) is 0 Å². The quantitative estimate of drug-likeness (QED) is 0.675. The molecule has 2 nitrogen and oxygen atoms in total. The van der Waals surface area contributed by atoms with Crippen LogP contribution in [0, 0.1) is 5.92 Å². The normalized spacial score (nSPS) is 23.0. The third kappa shape index (κ3) is 1.62. The number of phenols is 2. The number of fused-ring (bicyclic) bond motifs is 2. The van der Waals surface area contributed by atoms with E-state index in [4.69, 9.17) is 0 Å². The van der Waals surface area contributed by atoms with Gasteiger partial charge in [-0.15, -0.1) is 0 Å². The number of hydrogen-bond acceptors (Lipinski definition) is 2. The van der Waals surface area contributed by atoms with Crippen molar-refractivity contribution >= 4 is 0 Å². The molecule has 0 saturated carbocycles. The SMILES string of the molecule is CC1CCc2c(O)c3c(c(O)c2C1)CCCC3. The summed E-state index contributed by atoms with van der Waals surface area (Å²) in [5.41, 5.74) is 4.12. The highest BCUT2D eigenvalue weighted by molar-refractivity contribution is 5.59. The molecule has 0 aliphatic heterocycles. The molecule has 1 atom stereocenters. The van der Waals surface area contributed by atoms with E-state index in [0.717, 1.165) is 67.2 Å². The molecule has 0 spiro atoms. The maximum atomic E-state index is 10.4. The van der Waals surface area contributed by atoms with E-state index in [9.17, 15) is 10.2 Å². The molecule has 1 aromatic rings. The van der Waals surface area contributed by atoms with Crippen LogP contribution in [0.2, 0.25) is 0 Å². The minimum absolute atomic E-state index is 0.499. The molecular weight excluding hydrogens is 212 g/mol. The van der Waals surface area contributed by atoms with Crippen LogP contribution < -0.4 is 0 Å². The summed E-state index contributed by atoms with van der Waals surface area (Å²) in [7, 11) is 0. The van der Waals surface area contributed by atoms with Gasteiger partial charge in [-0.25, -0.2) is 0 Å². The van der Waals surface area contributed by atoms with Gasteiger partial charge in [0.05, 0.1) is 0 Å². The first kappa shape index (κ1) is 10.9. The monoisotopic (exact) mass is 232 g/mol. The van der Waals surface area contributed by atoms with Gasteiger partial charge in [0.25, 0.3) is 0 Å². The van der Waals surface area contributed by atoms with Crippen LogP contribution in [0.3, 0.4) is 0 Å². The van der Waals surface area contributed by atoms with Crippen LogP contribution in [-0.2, 0) is 25.7 Å². The molecule has 0 amide bonds. The van der Waals surface area contributed by atoms with E-state index in [1.807, 2.05) is 0 Å². The third-order valence-corrected chi connectivity index (χ3v) is 4.42. The summed E-state index contributed by atoms with van der Waals surface area (Å²) in [6.45, 7) is 2.22. The molecule has 1 unspecified atom stereocenters.